The summed E-state index contributed by atoms with van der Waals surface area (Å²) in [6.07, 6.45) is 0. The number of nitrogens with one attached hydrogen (secondary N) is 1. The molecule has 0 aliphatic heterocycles. The molecule has 2 aromatic rings. The average molecular weight is 306 g/mol. The molecule has 0 aliphatic carbocycles. The molecular weight excluding hydrogens is 288 g/mol. The van der Waals surface area contributed by atoms with Crippen LogP contribution in [0.3, 0.4) is 0 Å². The molecule has 0 fully saturated rings. The number of Topliss-reactive ketones (excluding diaryl/α,β-unsaturated/α-hetero) is 1. The Labute approximate surface area is 135 Å². The van der Waals surface area contributed by atoms with Gasteiger partial charge in [0.2, 0.25) is 5.91 Å². The Hall–Kier alpha value is -2.93. The van der Waals surface area contributed by atoms with Gasteiger partial charge in [0.15, 0.2) is 11.7 Å². The van der Waals surface area contributed by atoms with E-state index in [4.69, 9.17) is 0 Å². The van der Waals surface area contributed by atoms with Crippen molar-refractivity contribution in [1.82, 2.24) is 5.32 Å². The number of aryl methyl sites for hydroxylation is 2. The van der Waals surface area contributed by atoms with Gasteiger partial charge in [0.25, 0.3) is 0 Å². The summed E-state index contributed by atoms with van der Waals surface area (Å²) in [4.78, 5) is 24.6. The molecule has 0 aliphatic rings. The van der Waals surface area contributed by atoms with Gasteiger partial charge in [0.05, 0.1) is 6.07 Å². The first-order valence-electron chi connectivity index (χ1n) is 7.35. The number of nitriles is 1. The van der Waals surface area contributed by atoms with E-state index in [0.717, 1.165) is 16.7 Å². The van der Waals surface area contributed by atoms with E-state index >= 15 is 0 Å². The van der Waals surface area contributed by atoms with E-state index in [-0.39, 0.29) is 6.54 Å². The first-order chi connectivity index (χ1) is 11.0. The van der Waals surface area contributed by atoms with E-state index in [9.17, 15) is 14.9 Å². The number of hydrogen-bond acceptors (Lipinski definition) is 3. The van der Waals surface area contributed by atoms with Crippen molar-refractivity contribution < 1.29 is 9.59 Å². The van der Waals surface area contributed by atoms with Crippen LogP contribution in [0.15, 0.2) is 48.5 Å². The highest BCUT2D eigenvalue weighted by molar-refractivity contribution is 6.12. The summed E-state index contributed by atoms with van der Waals surface area (Å²) >= 11 is 0. The summed E-state index contributed by atoms with van der Waals surface area (Å²) < 4.78 is 0. The van der Waals surface area contributed by atoms with Crippen LogP contribution in [0, 0.1) is 31.1 Å². The molecule has 0 spiro atoms. The summed E-state index contributed by atoms with van der Waals surface area (Å²) in [5.74, 6) is -2.37. The number of amides is 1. The molecule has 4 nitrogen and oxygen atoms in total. The summed E-state index contributed by atoms with van der Waals surface area (Å²) in [5, 5.41) is 11.9. The highest BCUT2D eigenvalue weighted by Gasteiger charge is 2.27. The molecule has 1 amide bonds. The van der Waals surface area contributed by atoms with E-state index in [1.807, 2.05) is 56.3 Å². The Bertz CT molecular complexity index is 761. The molecule has 0 heterocycles. The van der Waals surface area contributed by atoms with Crippen molar-refractivity contribution in [2.45, 2.75) is 20.4 Å². The maximum atomic E-state index is 12.4. The lowest BCUT2D eigenvalue weighted by atomic mass is 9.95. The zero-order valence-electron chi connectivity index (χ0n) is 13.2. The van der Waals surface area contributed by atoms with Crippen molar-refractivity contribution in [1.29, 1.82) is 5.26 Å². The van der Waals surface area contributed by atoms with Crippen LogP contribution in [0.5, 0.6) is 0 Å². The highest BCUT2D eigenvalue weighted by Crippen LogP contribution is 2.14. The van der Waals surface area contributed by atoms with Crippen LogP contribution in [0.2, 0.25) is 0 Å². The third-order valence-corrected chi connectivity index (χ3v) is 3.75. The quantitative estimate of drug-likeness (QED) is 0.682. The Morgan fingerprint density at radius 2 is 1.78 bits per heavy atom. The van der Waals surface area contributed by atoms with E-state index in [0.29, 0.717) is 5.56 Å². The maximum absolute atomic E-state index is 12.4. The molecule has 0 aromatic heterocycles. The van der Waals surface area contributed by atoms with Crippen LogP contribution in [0.1, 0.15) is 27.0 Å². The van der Waals surface area contributed by atoms with Crippen LogP contribution < -0.4 is 5.32 Å². The Kier molecular flexibility index (Phi) is 5.27. The Balaban J connectivity index is 2.09. The highest BCUT2D eigenvalue weighted by atomic mass is 16.2. The van der Waals surface area contributed by atoms with E-state index in [1.165, 1.54) is 0 Å². The van der Waals surface area contributed by atoms with Gasteiger partial charge in [-0.05, 0) is 36.6 Å². The zero-order valence-corrected chi connectivity index (χ0v) is 13.2. The van der Waals surface area contributed by atoms with Crippen LogP contribution in [-0.2, 0) is 11.3 Å². The van der Waals surface area contributed by atoms with Gasteiger partial charge in [0.1, 0.15) is 0 Å². The van der Waals surface area contributed by atoms with Crippen molar-refractivity contribution in [2.24, 2.45) is 5.92 Å². The van der Waals surface area contributed by atoms with E-state index in [2.05, 4.69) is 5.32 Å². The number of ketones is 1. The number of hydrogen-bond donors (Lipinski definition) is 1. The molecule has 23 heavy (non-hydrogen) atoms. The second-order valence-corrected chi connectivity index (χ2v) is 5.43. The lowest BCUT2D eigenvalue weighted by Gasteiger charge is -2.11. The van der Waals surface area contributed by atoms with Gasteiger partial charge >= 0.3 is 0 Å². The SMILES string of the molecule is Cc1ccc(C(=O)[C@@H](C#N)C(=O)NCc2ccccc2)cc1C. The second kappa shape index (κ2) is 7.37. The molecule has 1 atom stereocenters. The average Bonchev–Trinajstić information content (AvgIpc) is 2.57. The first-order valence-corrected chi connectivity index (χ1v) is 7.35. The minimum Gasteiger partial charge on any atom is -0.350 e. The second-order valence-electron chi connectivity index (χ2n) is 5.43. The van der Waals surface area contributed by atoms with Gasteiger partial charge < -0.3 is 5.32 Å². The van der Waals surface area contributed by atoms with E-state index in [1.54, 1.807) is 12.1 Å². The smallest absolute Gasteiger partial charge is 0.245 e. The Morgan fingerprint density at radius 3 is 2.39 bits per heavy atom. The van der Waals surface area contributed by atoms with Crippen molar-refractivity contribution in [2.75, 3.05) is 0 Å². The third-order valence-electron chi connectivity index (χ3n) is 3.75. The van der Waals surface area contributed by atoms with Crippen molar-refractivity contribution in [3.63, 3.8) is 0 Å². The van der Waals surface area contributed by atoms with Crippen molar-refractivity contribution in [3.05, 3.63) is 70.8 Å². The Morgan fingerprint density at radius 1 is 1.09 bits per heavy atom. The topological polar surface area (TPSA) is 70.0 Å². The van der Waals surface area contributed by atoms with Gasteiger partial charge in [-0.1, -0.05) is 42.5 Å². The van der Waals surface area contributed by atoms with E-state index < -0.39 is 17.6 Å². The molecule has 0 bridgehead atoms. The predicted octanol–water partition coefficient (Wildman–Crippen LogP) is 2.94. The van der Waals surface area contributed by atoms with Crippen molar-refractivity contribution in [3.8, 4) is 6.07 Å². The number of carbonyl (C=O) groups excluding carboxylic acids is 2. The number of rotatable bonds is 5. The largest absolute Gasteiger partial charge is 0.350 e. The van der Waals surface area contributed by atoms with Crippen LogP contribution in [0.4, 0.5) is 0 Å². The van der Waals surface area contributed by atoms with Crippen LogP contribution in [0.25, 0.3) is 0 Å². The molecule has 1 N–H and O–H groups in total. The fourth-order valence-corrected chi connectivity index (χ4v) is 2.18. The summed E-state index contributed by atoms with van der Waals surface area (Å²) in [6, 6.07) is 16.3. The number of benzene rings is 2. The lowest BCUT2D eigenvalue weighted by Crippen LogP contribution is -2.34. The van der Waals surface area contributed by atoms with Gasteiger partial charge in [0, 0.05) is 12.1 Å². The van der Waals surface area contributed by atoms with Gasteiger partial charge in [-0.25, -0.2) is 0 Å². The normalized spacial score (nSPS) is 11.3. The molecule has 4 heteroatoms. The molecule has 0 radical (unpaired) electrons. The molecule has 0 unspecified atom stereocenters. The minimum atomic E-state index is -1.33. The minimum absolute atomic E-state index is 0.290. The van der Waals surface area contributed by atoms with Gasteiger partial charge in [-0.2, -0.15) is 5.26 Å². The molecule has 2 aromatic carbocycles. The molecule has 116 valence electrons. The monoisotopic (exact) mass is 306 g/mol. The number of carbonyl (C=O) groups is 2. The van der Waals surface area contributed by atoms with Gasteiger partial charge in [-0.3, -0.25) is 9.59 Å². The third kappa shape index (κ3) is 4.04. The first kappa shape index (κ1) is 16.4. The van der Waals surface area contributed by atoms with Gasteiger partial charge in [-0.15, -0.1) is 0 Å². The summed E-state index contributed by atoms with van der Waals surface area (Å²) in [7, 11) is 0. The van der Waals surface area contributed by atoms with Crippen LogP contribution >= 0.6 is 0 Å². The lowest BCUT2D eigenvalue weighted by molar-refractivity contribution is -0.122. The number of nitrogens with zero attached hydrogens (tertiary/aromatic N) is 1. The molecule has 0 saturated carbocycles. The maximum Gasteiger partial charge on any atom is 0.245 e. The van der Waals surface area contributed by atoms with Crippen molar-refractivity contribution >= 4 is 11.7 Å². The fourth-order valence-electron chi connectivity index (χ4n) is 2.18. The fraction of sp³-hybridized carbons (Fsp3) is 0.211. The summed E-state index contributed by atoms with van der Waals surface area (Å²) in [5.41, 5.74) is 3.31. The zero-order chi connectivity index (χ0) is 16.8. The molecular formula is C19H18N2O2. The predicted molar refractivity (Wildman–Crippen MR) is 87.6 cm³/mol. The molecule has 2 rings (SSSR count). The summed E-state index contributed by atoms with van der Waals surface area (Å²) in [6.45, 7) is 4.12. The van der Waals surface area contributed by atoms with Crippen LogP contribution in [-0.4, -0.2) is 11.7 Å². The standard InChI is InChI=1S/C19H18N2O2/c1-13-8-9-16(10-14(13)2)18(22)17(11-20)19(23)21-12-15-6-4-3-5-7-15/h3-10,17H,12H2,1-2H3,(H,21,23)/t17-/m1/s1. The molecule has 0 saturated heterocycles.